The molecule has 6 nitrogen and oxygen atoms in total. The van der Waals surface area contributed by atoms with E-state index in [0.717, 1.165) is 12.8 Å². The van der Waals surface area contributed by atoms with E-state index in [1.807, 2.05) is 13.0 Å². The first-order chi connectivity index (χ1) is 12.0. The second-order valence-electron chi connectivity index (χ2n) is 6.19. The van der Waals surface area contributed by atoms with Crippen molar-refractivity contribution in [3.05, 3.63) is 23.3 Å². The highest BCUT2D eigenvalue weighted by atomic mass is 16.5. The van der Waals surface area contributed by atoms with Gasteiger partial charge in [0.25, 0.3) is 0 Å². The molecule has 6 heteroatoms. The van der Waals surface area contributed by atoms with E-state index in [1.165, 1.54) is 13.2 Å². The maximum absolute atomic E-state index is 12.1. The molecule has 0 aliphatic carbocycles. The first kappa shape index (κ1) is 19.1. The van der Waals surface area contributed by atoms with Crippen LogP contribution in [0.1, 0.15) is 44.2 Å². The molecule has 0 bridgehead atoms. The van der Waals surface area contributed by atoms with Crippen LogP contribution < -0.4 is 4.74 Å². The zero-order valence-electron chi connectivity index (χ0n) is 14.9. The molecule has 0 spiro atoms. The number of cyclic esters (lactones) is 1. The Kier molecular flexibility index (Phi) is 6.70. The van der Waals surface area contributed by atoms with E-state index in [4.69, 9.17) is 14.2 Å². The predicted octanol–water partition coefficient (Wildman–Crippen LogP) is 3.18. The molecular weight excluding hydrogens is 324 g/mol. The minimum atomic E-state index is -0.416. The highest BCUT2D eigenvalue weighted by Crippen LogP contribution is 2.41. The molecule has 2 N–H and O–H groups in total. The standard InChI is InChI=1S/C19H26O6/c1-4-5-8-24-14-6-7-15-13(11-17(21)25-12(2)9-14)10-16(20)19(23-3)18(15)22/h6-7,10,12,14,20,22H,4-5,8-9,11H2,1-3H3. The van der Waals surface area contributed by atoms with Crippen molar-refractivity contribution in [3.63, 3.8) is 0 Å². The number of rotatable bonds is 5. The number of fused-ring (bicyclic) bond motifs is 1. The summed E-state index contributed by atoms with van der Waals surface area (Å²) >= 11 is 0. The number of phenols is 2. The highest BCUT2D eigenvalue weighted by molar-refractivity contribution is 5.78. The fraction of sp³-hybridized carbons (Fsp3) is 0.526. The van der Waals surface area contributed by atoms with Gasteiger partial charge in [-0.3, -0.25) is 4.79 Å². The second-order valence-corrected chi connectivity index (χ2v) is 6.19. The van der Waals surface area contributed by atoms with Gasteiger partial charge in [-0.15, -0.1) is 0 Å². The van der Waals surface area contributed by atoms with E-state index in [0.29, 0.717) is 24.2 Å². The summed E-state index contributed by atoms with van der Waals surface area (Å²) in [6.07, 6.45) is 5.51. The lowest BCUT2D eigenvalue weighted by Crippen LogP contribution is -2.24. The van der Waals surface area contributed by atoms with Gasteiger partial charge in [-0.1, -0.05) is 25.5 Å². The van der Waals surface area contributed by atoms with Crippen molar-refractivity contribution < 1.29 is 29.2 Å². The van der Waals surface area contributed by atoms with Crippen LogP contribution in [0.2, 0.25) is 0 Å². The molecule has 1 aliphatic heterocycles. The molecule has 138 valence electrons. The number of phenolic OH excluding ortho intramolecular Hbond substituents is 2. The van der Waals surface area contributed by atoms with Crippen molar-refractivity contribution in [2.75, 3.05) is 13.7 Å². The normalized spacial score (nSPS) is 20.7. The van der Waals surface area contributed by atoms with Crippen LogP contribution in [-0.2, 0) is 20.7 Å². The Morgan fingerprint density at radius 1 is 1.36 bits per heavy atom. The highest BCUT2D eigenvalue weighted by Gasteiger charge is 2.22. The van der Waals surface area contributed by atoms with Crippen LogP contribution in [0.25, 0.3) is 6.08 Å². The predicted molar refractivity (Wildman–Crippen MR) is 93.9 cm³/mol. The van der Waals surface area contributed by atoms with Gasteiger partial charge in [0.1, 0.15) is 6.10 Å². The fourth-order valence-electron chi connectivity index (χ4n) is 2.82. The molecule has 1 aromatic carbocycles. The molecule has 2 rings (SSSR count). The number of hydrogen-bond acceptors (Lipinski definition) is 6. The van der Waals surface area contributed by atoms with Crippen LogP contribution in [0.3, 0.4) is 0 Å². The third-order valence-corrected chi connectivity index (χ3v) is 4.10. The smallest absolute Gasteiger partial charge is 0.310 e. The van der Waals surface area contributed by atoms with Gasteiger partial charge in [0.05, 0.1) is 19.6 Å². The minimum Gasteiger partial charge on any atom is -0.504 e. The number of hydrogen-bond donors (Lipinski definition) is 2. The number of aromatic hydroxyl groups is 2. The van der Waals surface area contributed by atoms with Crippen LogP contribution in [0.15, 0.2) is 12.1 Å². The van der Waals surface area contributed by atoms with Crippen LogP contribution in [0.5, 0.6) is 17.2 Å². The molecule has 0 saturated heterocycles. The lowest BCUT2D eigenvalue weighted by molar-refractivity contribution is -0.148. The molecule has 2 unspecified atom stereocenters. The molecule has 0 saturated carbocycles. The molecule has 0 amide bonds. The first-order valence-corrected chi connectivity index (χ1v) is 8.57. The summed E-state index contributed by atoms with van der Waals surface area (Å²) in [7, 11) is 1.36. The average Bonchev–Trinajstić information content (AvgIpc) is 2.53. The maximum Gasteiger partial charge on any atom is 0.310 e. The Balaban J connectivity index is 2.40. The Morgan fingerprint density at radius 2 is 2.12 bits per heavy atom. The number of benzene rings is 1. The SMILES string of the molecule is CCCCOC1C=Cc2c(cc(O)c(OC)c2O)CC(=O)OC(C)C1. The summed E-state index contributed by atoms with van der Waals surface area (Å²) in [5.74, 6) is -0.866. The molecule has 0 radical (unpaired) electrons. The molecular formula is C19H26O6. The molecule has 0 fully saturated rings. The van der Waals surface area contributed by atoms with Crippen molar-refractivity contribution in [1.29, 1.82) is 0 Å². The Morgan fingerprint density at radius 3 is 2.80 bits per heavy atom. The van der Waals surface area contributed by atoms with E-state index in [1.54, 1.807) is 6.08 Å². The lowest BCUT2D eigenvalue weighted by Gasteiger charge is -2.22. The third-order valence-electron chi connectivity index (χ3n) is 4.10. The number of esters is 1. The number of methoxy groups -OCH3 is 1. The minimum absolute atomic E-state index is 0.0225. The summed E-state index contributed by atoms with van der Waals surface area (Å²) in [4.78, 5) is 12.1. The van der Waals surface area contributed by atoms with Gasteiger partial charge in [0, 0.05) is 18.6 Å². The third kappa shape index (κ3) is 4.89. The number of ether oxygens (including phenoxy) is 3. The molecule has 1 heterocycles. The number of carbonyl (C=O) groups excluding carboxylic acids is 1. The van der Waals surface area contributed by atoms with E-state index in [-0.39, 0.29) is 35.9 Å². The largest absolute Gasteiger partial charge is 0.504 e. The zero-order valence-corrected chi connectivity index (χ0v) is 14.9. The van der Waals surface area contributed by atoms with Crippen LogP contribution in [0, 0.1) is 0 Å². The monoisotopic (exact) mass is 350 g/mol. The molecule has 0 aromatic heterocycles. The lowest BCUT2D eigenvalue weighted by atomic mass is 9.99. The van der Waals surface area contributed by atoms with Crippen LogP contribution in [-0.4, -0.2) is 42.1 Å². The van der Waals surface area contributed by atoms with E-state index in [2.05, 4.69) is 6.92 Å². The van der Waals surface area contributed by atoms with Gasteiger partial charge in [-0.2, -0.15) is 0 Å². The summed E-state index contributed by atoms with van der Waals surface area (Å²) in [6.45, 7) is 4.53. The van der Waals surface area contributed by atoms with E-state index >= 15 is 0 Å². The quantitative estimate of drug-likeness (QED) is 0.627. The van der Waals surface area contributed by atoms with Gasteiger partial charge in [-0.05, 0) is 25.0 Å². The van der Waals surface area contributed by atoms with Crippen molar-refractivity contribution in [2.24, 2.45) is 0 Å². The van der Waals surface area contributed by atoms with Gasteiger partial charge in [0.15, 0.2) is 11.5 Å². The average molecular weight is 350 g/mol. The van der Waals surface area contributed by atoms with E-state index < -0.39 is 5.97 Å². The van der Waals surface area contributed by atoms with Crippen molar-refractivity contribution >= 4 is 12.0 Å². The van der Waals surface area contributed by atoms with Gasteiger partial charge >= 0.3 is 5.97 Å². The van der Waals surface area contributed by atoms with E-state index in [9.17, 15) is 15.0 Å². The van der Waals surface area contributed by atoms with Gasteiger partial charge in [-0.25, -0.2) is 0 Å². The fourth-order valence-corrected chi connectivity index (χ4v) is 2.82. The summed E-state index contributed by atoms with van der Waals surface area (Å²) < 4.78 is 16.3. The van der Waals surface area contributed by atoms with Crippen molar-refractivity contribution in [1.82, 2.24) is 0 Å². The van der Waals surface area contributed by atoms with Crippen molar-refractivity contribution in [2.45, 2.75) is 51.7 Å². The number of unbranched alkanes of at least 4 members (excludes halogenated alkanes) is 1. The first-order valence-electron chi connectivity index (χ1n) is 8.57. The van der Waals surface area contributed by atoms with Gasteiger partial charge in [0.2, 0.25) is 5.75 Å². The molecule has 1 aromatic rings. The van der Waals surface area contributed by atoms with Crippen LogP contribution >= 0.6 is 0 Å². The summed E-state index contributed by atoms with van der Waals surface area (Å²) in [5.41, 5.74) is 0.892. The summed E-state index contributed by atoms with van der Waals surface area (Å²) in [5, 5.41) is 20.4. The van der Waals surface area contributed by atoms with Crippen LogP contribution in [0.4, 0.5) is 0 Å². The second kappa shape index (κ2) is 8.76. The maximum atomic E-state index is 12.1. The number of carbonyl (C=O) groups is 1. The molecule has 2 atom stereocenters. The Hall–Kier alpha value is -2.21. The van der Waals surface area contributed by atoms with Crippen molar-refractivity contribution in [3.8, 4) is 17.2 Å². The topological polar surface area (TPSA) is 85.2 Å². The summed E-state index contributed by atoms with van der Waals surface area (Å²) in [6, 6.07) is 1.42. The van der Waals surface area contributed by atoms with Gasteiger partial charge < -0.3 is 24.4 Å². The Labute approximate surface area is 148 Å². The molecule has 25 heavy (non-hydrogen) atoms. The molecule has 1 aliphatic rings. The Bertz CT molecular complexity index is 637. The zero-order chi connectivity index (χ0) is 18.4.